The summed E-state index contributed by atoms with van der Waals surface area (Å²) in [5.41, 5.74) is 16.0. The minimum absolute atomic E-state index is 0.483. The monoisotopic (exact) mass is 764 g/mol. The Morgan fingerprint density at radius 1 is 0.317 bits per heavy atom. The lowest BCUT2D eigenvalue weighted by Gasteiger charge is -2.45. The Kier molecular flexibility index (Phi) is 7.72. The van der Waals surface area contributed by atoms with Crippen LogP contribution in [0.2, 0.25) is 0 Å². The lowest BCUT2D eigenvalue weighted by molar-refractivity contribution is 0.753. The highest BCUT2D eigenvalue weighted by Gasteiger charge is 2.51. The molecule has 0 saturated carbocycles. The highest BCUT2D eigenvalue weighted by molar-refractivity contribution is 6.00. The van der Waals surface area contributed by atoms with E-state index in [1.807, 2.05) is 60.7 Å². The topological polar surface area (TPSA) is 41.9 Å². The van der Waals surface area contributed by atoms with Gasteiger partial charge in [-0.3, -0.25) is 0 Å². The molecule has 280 valence electrons. The molecule has 9 aromatic carbocycles. The van der Waals surface area contributed by atoms with Gasteiger partial charge in [-0.25, -0.2) is 15.0 Å². The zero-order valence-electron chi connectivity index (χ0n) is 32.6. The molecule has 10 aromatic rings. The van der Waals surface area contributed by atoms with Crippen molar-refractivity contribution < 1.29 is 0 Å². The van der Waals surface area contributed by atoms with Crippen LogP contribution in [0.5, 0.6) is 0 Å². The van der Waals surface area contributed by atoms with Gasteiger partial charge in [0.1, 0.15) is 0 Å². The molecule has 2 heterocycles. The van der Waals surface area contributed by atoms with E-state index in [0.717, 1.165) is 38.7 Å². The van der Waals surface area contributed by atoms with E-state index in [0.29, 0.717) is 17.5 Å². The van der Waals surface area contributed by atoms with Crippen molar-refractivity contribution in [1.82, 2.24) is 15.0 Å². The van der Waals surface area contributed by atoms with E-state index in [1.165, 1.54) is 50.3 Å². The average molecular weight is 765 g/mol. The summed E-state index contributed by atoms with van der Waals surface area (Å²) in [6, 6.07) is 78.3. The van der Waals surface area contributed by atoms with Gasteiger partial charge in [0.2, 0.25) is 0 Å². The van der Waals surface area contributed by atoms with E-state index in [4.69, 9.17) is 15.0 Å². The number of fused-ring (bicyclic) bond motifs is 10. The average Bonchev–Trinajstić information content (AvgIpc) is 3.62. The number of nitrogens with zero attached hydrogens (tertiary/aromatic N) is 4. The van der Waals surface area contributed by atoms with Crippen molar-refractivity contribution in [2.75, 3.05) is 4.90 Å². The second-order valence-corrected chi connectivity index (χ2v) is 15.5. The number of rotatable bonds is 5. The first kappa shape index (κ1) is 34.1. The Morgan fingerprint density at radius 2 is 0.817 bits per heavy atom. The van der Waals surface area contributed by atoms with Gasteiger partial charge in [0.25, 0.3) is 0 Å². The number of aromatic nitrogens is 3. The quantitative estimate of drug-likeness (QED) is 0.175. The van der Waals surface area contributed by atoms with Crippen LogP contribution in [-0.2, 0) is 5.41 Å². The molecule has 1 spiro atoms. The first-order chi connectivity index (χ1) is 29.8. The molecular weight excluding hydrogens is 729 g/mol. The zero-order chi connectivity index (χ0) is 39.6. The van der Waals surface area contributed by atoms with Crippen LogP contribution in [0, 0.1) is 0 Å². The van der Waals surface area contributed by atoms with Gasteiger partial charge < -0.3 is 4.90 Å². The Morgan fingerprint density at radius 3 is 1.48 bits per heavy atom. The van der Waals surface area contributed by atoms with Crippen molar-refractivity contribution in [3.8, 4) is 56.4 Å². The SMILES string of the molecule is c1ccc(-c2nc(-c3ccccc3)nc(-c3cccc4cc(-c5ccc6c(c5)-c5ccccc5C65c6ccccc6N(c6ccccc6)c6ccccc65)ccc34)n2)cc1. The summed E-state index contributed by atoms with van der Waals surface area (Å²) in [7, 11) is 0. The Bertz CT molecular complexity index is 3160. The maximum atomic E-state index is 5.06. The second-order valence-electron chi connectivity index (χ2n) is 15.5. The van der Waals surface area contributed by atoms with Crippen LogP contribution in [0.25, 0.3) is 67.2 Å². The maximum absolute atomic E-state index is 5.06. The third kappa shape index (κ3) is 5.14. The molecule has 0 fully saturated rings. The zero-order valence-corrected chi connectivity index (χ0v) is 32.6. The first-order valence-corrected chi connectivity index (χ1v) is 20.4. The fourth-order valence-electron chi connectivity index (χ4n) is 9.73. The van der Waals surface area contributed by atoms with Crippen molar-refractivity contribution in [1.29, 1.82) is 0 Å². The van der Waals surface area contributed by atoms with E-state index >= 15 is 0 Å². The van der Waals surface area contributed by atoms with E-state index in [1.54, 1.807) is 0 Å². The highest BCUT2D eigenvalue weighted by atomic mass is 15.2. The van der Waals surface area contributed by atoms with Crippen LogP contribution in [0.1, 0.15) is 22.3 Å². The molecule has 0 N–H and O–H groups in total. The molecule has 0 atom stereocenters. The third-order valence-corrected chi connectivity index (χ3v) is 12.3. The van der Waals surface area contributed by atoms with Crippen LogP contribution in [0.3, 0.4) is 0 Å². The van der Waals surface area contributed by atoms with E-state index < -0.39 is 5.41 Å². The number of para-hydroxylation sites is 3. The molecule has 0 saturated heterocycles. The fraction of sp³-hybridized carbons (Fsp3) is 0.0179. The van der Waals surface area contributed by atoms with Gasteiger partial charge in [-0.1, -0.05) is 182 Å². The van der Waals surface area contributed by atoms with Crippen LogP contribution in [-0.4, -0.2) is 15.0 Å². The molecule has 4 heteroatoms. The molecule has 1 aliphatic heterocycles. The Hall–Kier alpha value is -7.95. The largest absolute Gasteiger partial charge is 0.310 e. The van der Waals surface area contributed by atoms with Crippen LogP contribution < -0.4 is 4.90 Å². The predicted molar refractivity (Wildman–Crippen MR) is 245 cm³/mol. The molecule has 1 aliphatic carbocycles. The Balaban J connectivity index is 1.01. The highest BCUT2D eigenvalue weighted by Crippen LogP contribution is 2.63. The molecule has 12 rings (SSSR count). The normalized spacial score (nSPS) is 13.1. The van der Waals surface area contributed by atoms with Crippen molar-refractivity contribution in [2.45, 2.75) is 5.41 Å². The molecule has 0 unspecified atom stereocenters. The predicted octanol–water partition coefficient (Wildman–Crippen LogP) is 13.8. The van der Waals surface area contributed by atoms with Crippen molar-refractivity contribution in [3.63, 3.8) is 0 Å². The molecule has 4 nitrogen and oxygen atoms in total. The Labute approximate surface area is 348 Å². The van der Waals surface area contributed by atoms with Gasteiger partial charge in [-0.15, -0.1) is 0 Å². The van der Waals surface area contributed by atoms with Gasteiger partial charge in [-0.05, 0) is 91.7 Å². The smallest absolute Gasteiger partial charge is 0.164 e. The summed E-state index contributed by atoms with van der Waals surface area (Å²) in [6.07, 6.45) is 0. The second kappa shape index (κ2) is 13.6. The van der Waals surface area contributed by atoms with E-state index in [-0.39, 0.29) is 0 Å². The first-order valence-electron chi connectivity index (χ1n) is 20.4. The molecular formula is C56H36N4. The van der Waals surface area contributed by atoms with Gasteiger partial charge >= 0.3 is 0 Å². The summed E-state index contributed by atoms with van der Waals surface area (Å²) in [5.74, 6) is 1.96. The molecule has 0 radical (unpaired) electrons. The van der Waals surface area contributed by atoms with Crippen LogP contribution in [0.4, 0.5) is 17.1 Å². The number of anilines is 3. The van der Waals surface area contributed by atoms with Crippen LogP contribution >= 0.6 is 0 Å². The lowest BCUT2D eigenvalue weighted by atomic mass is 9.64. The molecule has 60 heavy (non-hydrogen) atoms. The van der Waals surface area contributed by atoms with Gasteiger partial charge in [-0.2, -0.15) is 0 Å². The standard InChI is InChI=1S/C56H36N4/c1-4-17-37(18-5-1)53-57-54(38-19-6-2-7-20-38)59-55(58-53)45-25-16-21-41-35-39(31-33-43(41)45)40-32-34-48-46(36-40)44-24-10-11-26-47(44)56(48)49-27-12-14-29-51(49)60(42-22-8-3-9-23-42)52-30-15-13-28-50(52)56/h1-36H. The number of hydrogen-bond acceptors (Lipinski definition) is 4. The summed E-state index contributed by atoms with van der Waals surface area (Å²) in [6.45, 7) is 0. The number of hydrogen-bond donors (Lipinski definition) is 0. The van der Waals surface area contributed by atoms with Crippen molar-refractivity contribution in [2.24, 2.45) is 0 Å². The van der Waals surface area contributed by atoms with Gasteiger partial charge in [0.05, 0.1) is 16.8 Å². The molecule has 0 amide bonds. The van der Waals surface area contributed by atoms with E-state index in [9.17, 15) is 0 Å². The lowest BCUT2D eigenvalue weighted by Crippen LogP contribution is -2.36. The summed E-state index contributed by atoms with van der Waals surface area (Å²) >= 11 is 0. The van der Waals surface area contributed by atoms with Crippen LogP contribution in [0.15, 0.2) is 218 Å². The van der Waals surface area contributed by atoms with E-state index in [2.05, 4.69) is 163 Å². The summed E-state index contributed by atoms with van der Waals surface area (Å²) < 4.78 is 0. The van der Waals surface area contributed by atoms with Crippen molar-refractivity contribution in [3.05, 3.63) is 241 Å². The number of benzene rings is 9. The molecule has 0 bridgehead atoms. The minimum atomic E-state index is -0.483. The minimum Gasteiger partial charge on any atom is -0.310 e. The molecule has 2 aliphatic rings. The third-order valence-electron chi connectivity index (χ3n) is 12.3. The van der Waals surface area contributed by atoms with Gasteiger partial charge in [0, 0.05) is 22.4 Å². The van der Waals surface area contributed by atoms with Gasteiger partial charge in [0.15, 0.2) is 17.5 Å². The van der Waals surface area contributed by atoms with Crippen molar-refractivity contribution >= 4 is 27.8 Å². The summed E-state index contributed by atoms with van der Waals surface area (Å²) in [5, 5.41) is 2.22. The maximum Gasteiger partial charge on any atom is 0.164 e. The molecule has 1 aromatic heterocycles. The fourth-order valence-corrected chi connectivity index (χ4v) is 9.73. The summed E-state index contributed by atoms with van der Waals surface area (Å²) in [4.78, 5) is 17.5.